The Morgan fingerprint density at radius 1 is 0.892 bits per heavy atom. The van der Waals surface area contributed by atoms with Crippen molar-refractivity contribution in [3.05, 3.63) is 101 Å². The molecule has 1 atom stereocenters. The molecule has 37 heavy (non-hydrogen) atoms. The molecule has 10 heteroatoms. The van der Waals surface area contributed by atoms with Crippen molar-refractivity contribution in [1.29, 1.82) is 0 Å². The predicted molar refractivity (Wildman–Crippen MR) is 132 cm³/mol. The quantitative estimate of drug-likeness (QED) is 0.331. The number of aromatic carboxylic acids is 1. The van der Waals surface area contributed by atoms with Crippen molar-refractivity contribution in [3.8, 4) is 0 Å². The molecule has 0 bridgehead atoms. The van der Waals surface area contributed by atoms with E-state index >= 15 is 0 Å². The van der Waals surface area contributed by atoms with Crippen LogP contribution in [0.25, 0.3) is 10.9 Å². The first-order valence-corrected chi connectivity index (χ1v) is 12.6. The van der Waals surface area contributed by atoms with Crippen LogP contribution in [-0.2, 0) is 21.6 Å². The highest BCUT2D eigenvalue weighted by Crippen LogP contribution is 2.37. The Hall–Kier alpha value is -3.63. The summed E-state index contributed by atoms with van der Waals surface area (Å²) >= 11 is 0. The normalized spacial score (nSPS) is 13.6. The zero-order valence-corrected chi connectivity index (χ0v) is 20.9. The molecular formula is C27H24F3NO5S. The largest absolute Gasteiger partial charge is 0.478 e. The molecule has 0 amide bonds. The van der Waals surface area contributed by atoms with Gasteiger partial charge in [0.1, 0.15) is 6.10 Å². The molecule has 2 N–H and O–H groups in total. The van der Waals surface area contributed by atoms with Crippen LogP contribution in [0.3, 0.4) is 0 Å². The van der Waals surface area contributed by atoms with Crippen molar-refractivity contribution >= 4 is 26.9 Å². The van der Waals surface area contributed by atoms with E-state index in [1.54, 1.807) is 12.1 Å². The Balaban J connectivity index is 1.97. The SMILES string of the molecule is CC(C)(C)c1cccc(S(=O)(=O)n2c(C(O)c3ccc(C(=O)O)cc3)cc3cc(C(F)(F)F)ccc32)c1. The molecule has 0 aliphatic carbocycles. The maximum atomic E-state index is 13.9. The Labute approximate surface area is 211 Å². The second-order valence-electron chi connectivity index (χ2n) is 9.72. The average Bonchev–Trinajstić information content (AvgIpc) is 3.22. The van der Waals surface area contributed by atoms with Gasteiger partial charge in [0.15, 0.2) is 0 Å². The Bertz CT molecular complexity index is 1600. The fourth-order valence-corrected chi connectivity index (χ4v) is 5.65. The van der Waals surface area contributed by atoms with Crippen molar-refractivity contribution in [3.63, 3.8) is 0 Å². The van der Waals surface area contributed by atoms with Gasteiger partial charge >= 0.3 is 12.1 Å². The minimum Gasteiger partial charge on any atom is -0.478 e. The first-order chi connectivity index (χ1) is 17.1. The molecule has 0 aliphatic heterocycles. The van der Waals surface area contributed by atoms with Crippen LogP contribution in [0, 0.1) is 0 Å². The lowest BCUT2D eigenvalue weighted by Crippen LogP contribution is -2.19. The number of carboxylic acids is 1. The van der Waals surface area contributed by atoms with Gasteiger partial charge in [-0.25, -0.2) is 17.2 Å². The number of carbonyl (C=O) groups is 1. The van der Waals surface area contributed by atoms with Gasteiger partial charge in [0.2, 0.25) is 0 Å². The summed E-state index contributed by atoms with van der Waals surface area (Å²) in [4.78, 5) is 11.1. The predicted octanol–water partition coefficient (Wildman–Crippen LogP) is 5.97. The summed E-state index contributed by atoms with van der Waals surface area (Å²) in [6.07, 6.45) is -6.23. The molecule has 4 aromatic rings. The number of aliphatic hydroxyl groups excluding tert-OH is 1. The van der Waals surface area contributed by atoms with E-state index in [1.807, 2.05) is 20.8 Å². The van der Waals surface area contributed by atoms with Crippen molar-refractivity contribution in [1.82, 2.24) is 3.97 Å². The zero-order valence-electron chi connectivity index (χ0n) is 20.1. The van der Waals surface area contributed by atoms with Crippen LogP contribution in [0.4, 0.5) is 13.2 Å². The number of hydrogen-bond acceptors (Lipinski definition) is 4. The summed E-state index contributed by atoms with van der Waals surface area (Å²) in [6, 6.07) is 15.3. The second kappa shape index (κ2) is 9.04. The summed E-state index contributed by atoms with van der Waals surface area (Å²) in [5.74, 6) is -1.18. The van der Waals surface area contributed by atoms with Gasteiger partial charge in [-0.1, -0.05) is 45.0 Å². The van der Waals surface area contributed by atoms with E-state index in [1.165, 1.54) is 42.5 Å². The van der Waals surface area contributed by atoms with Crippen LogP contribution in [0.15, 0.2) is 77.7 Å². The molecule has 0 aliphatic rings. The van der Waals surface area contributed by atoms with Gasteiger partial charge in [-0.15, -0.1) is 0 Å². The van der Waals surface area contributed by atoms with E-state index in [2.05, 4.69) is 0 Å². The van der Waals surface area contributed by atoms with Crippen LogP contribution in [-0.4, -0.2) is 28.6 Å². The smallest absolute Gasteiger partial charge is 0.416 e. The molecule has 4 rings (SSSR count). The van der Waals surface area contributed by atoms with E-state index in [0.29, 0.717) is 0 Å². The number of aliphatic hydroxyl groups is 1. The molecule has 0 fully saturated rings. The third-order valence-electron chi connectivity index (χ3n) is 6.10. The van der Waals surface area contributed by atoms with E-state index in [4.69, 9.17) is 5.11 Å². The van der Waals surface area contributed by atoms with Crippen molar-refractivity contribution in [2.24, 2.45) is 0 Å². The number of benzene rings is 3. The van der Waals surface area contributed by atoms with Crippen LogP contribution < -0.4 is 0 Å². The molecule has 0 spiro atoms. The van der Waals surface area contributed by atoms with Gasteiger partial charge in [-0.2, -0.15) is 13.2 Å². The lowest BCUT2D eigenvalue weighted by atomic mass is 9.87. The van der Waals surface area contributed by atoms with Crippen LogP contribution >= 0.6 is 0 Å². The van der Waals surface area contributed by atoms with E-state index in [0.717, 1.165) is 27.7 Å². The topological polar surface area (TPSA) is 96.6 Å². The summed E-state index contributed by atoms with van der Waals surface area (Å²) in [5.41, 5.74) is -0.697. The standard InChI is InChI=1S/C27H24F3NO5S/c1-26(2,3)19-5-4-6-21(15-19)37(35,36)31-22-12-11-20(27(28,29)30)13-18(22)14-23(31)24(32)16-7-9-17(10-8-16)25(33)34/h4-15,24,32H,1-3H3,(H,33,34). The number of fused-ring (bicyclic) bond motifs is 1. The van der Waals surface area contributed by atoms with Crippen LogP contribution in [0.5, 0.6) is 0 Å². The van der Waals surface area contributed by atoms with Crippen molar-refractivity contribution in [2.75, 3.05) is 0 Å². The first-order valence-electron chi connectivity index (χ1n) is 11.2. The number of halogens is 3. The van der Waals surface area contributed by atoms with E-state index in [-0.39, 0.29) is 38.0 Å². The lowest BCUT2D eigenvalue weighted by molar-refractivity contribution is -0.137. The Morgan fingerprint density at radius 3 is 2.11 bits per heavy atom. The number of nitrogens with zero attached hydrogens (tertiary/aromatic N) is 1. The highest BCUT2D eigenvalue weighted by molar-refractivity contribution is 7.90. The molecule has 3 aromatic carbocycles. The average molecular weight is 532 g/mol. The van der Waals surface area contributed by atoms with Gasteiger partial charge in [-0.05, 0) is 65.1 Å². The lowest BCUT2D eigenvalue weighted by Gasteiger charge is -2.21. The third kappa shape index (κ3) is 4.99. The number of carboxylic acid groups (broad SMARTS) is 1. The number of hydrogen-bond donors (Lipinski definition) is 2. The molecule has 0 radical (unpaired) electrons. The summed E-state index contributed by atoms with van der Waals surface area (Å²) in [6.45, 7) is 5.75. The van der Waals surface area contributed by atoms with Crippen LogP contribution in [0.2, 0.25) is 0 Å². The number of rotatable bonds is 5. The summed E-state index contributed by atoms with van der Waals surface area (Å²) in [5, 5.41) is 20.3. The van der Waals surface area contributed by atoms with Gasteiger partial charge in [0.05, 0.1) is 27.2 Å². The highest BCUT2D eigenvalue weighted by Gasteiger charge is 2.33. The van der Waals surface area contributed by atoms with Gasteiger partial charge in [0, 0.05) is 5.39 Å². The van der Waals surface area contributed by atoms with Gasteiger partial charge in [-0.3, -0.25) is 0 Å². The zero-order chi connectivity index (χ0) is 27.3. The molecule has 0 saturated carbocycles. The molecule has 1 aromatic heterocycles. The first kappa shape index (κ1) is 26.4. The Kier molecular flexibility index (Phi) is 6.46. The fourth-order valence-electron chi connectivity index (χ4n) is 4.05. The molecule has 194 valence electrons. The minimum atomic E-state index is -4.65. The monoisotopic (exact) mass is 531 g/mol. The molecule has 6 nitrogen and oxygen atoms in total. The Morgan fingerprint density at radius 2 is 1.54 bits per heavy atom. The van der Waals surface area contributed by atoms with Gasteiger partial charge in [0.25, 0.3) is 10.0 Å². The second-order valence-corrected chi connectivity index (χ2v) is 11.5. The minimum absolute atomic E-state index is 0.0263. The third-order valence-corrected chi connectivity index (χ3v) is 7.84. The fraction of sp³-hybridized carbons (Fsp3) is 0.222. The van der Waals surface area contributed by atoms with E-state index in [9.17, 15) is 31.5 Å². The molecule has 1 unspecified atom stereocenters. The van der Waals surface area contributed by atoms with E-state index < -0.39 is 33.8 Å². The van der Waals surface area contributed by atoms with Crippen molar-refractivity contribution < 1.29 is 36.6 Å². The number of aromatic nitrogens is 1. The molecule has 0 saturated heterocycles. The summed E-state index contributed by atoms with van der Waals surface area (Å²) in [7, 11) is -4.38. The maximum Gasteiger partial charge on any atom is 0.416 e. The summed E-state index contributed by atoms with van der Waals surface area (Å²) < 4.78 is 68.8. The number of alkyl halides is 3. The highest BCUT2D eigenvalue weighted by atomic mass is 32.2. The van der Waals surface area contributed by atoms with Crippen molar-refractivity contribution in [2.45, 2.75) is 43.4 Å². The molecule has 1 heterocycles. The maximum absolute atomic E-state index is 13.9. The molecular weight excluding hydrogens is 507 g/mol. The van der Waals surface area contributed by atoms with Gasteiger partial charge < -0.3 is 10.2 Å². The van der Waals surface area contributed by atoms with Crippen LogP contribution in [0.1, 0.15) is 59.6 Å².